The predicted octanol–water partition coefficient (Wildman–Crippen LogP) is 1.37. The first-order valence-electron chi connectivity index (χ1n) is 6.65. The molecule has 0 spiro atoms. The number of aryl methyl sites for hydroxylation is 3. The first-order chi connectivity index (χ1) is 9.79. The molecule has 1 aromatic carbocycles. The van der Waals surface area contributed by atoms with E-state index in [9.17, 15) is 8.42 Å². The topological polar surface area (TPSA) is 90.0 Å². The third kappa shape index (κ3) is 3.62. The van der Waals surface area contributed by atoms with Gasteiger partial charge in [0.05, 0.1) is 17.6 Å². The Labute approximate surface area is 125 Å². The minimum absolute atomic E-state index is 0.284. The lowest BCUT2D eigenvalue weighted by Crippen LogP contribution is -2.28. The van der Waals surface area contributed by atoms with Crippen molar-refractivity contribution in [1.29, 1.82) is 0 Å². The molecule has 0 aliphatic rings. The highest BCUT2D eigenvalue weighted by Crippen LogP contribution is 2.22. The number of aromatic nitrogens is 2. The minimum Gasteiger partial charge on any atom is -0.399 e. The molecule has 2 aromatic rings. The maximum Gasteiger partial charge on any atom is 0.241 e. The summed E-state index contributed by atoms with van der Waals surface area (Å²) in [6, 6.07) is 3.33. The van der Waals surface area contributed by atoms with Crippen molar-refractivity contribution in [3.8, 4) is 0 Å². The molecule has 1 heterocycles. The number of nitrogens with one attached hydrogen (secondary N) is 1. The number of hydrogen-bond acceptors (Lipinski definition) is 4. The third-order valence-electron chi connectivity index (χ3n) is 3.15. The normalized spacial score (nSPS) is 11.8. The van der Waals surface area contributed by atoms with Gasteiger partial charge in [-0.25, -0.2) is 13.1 Å². The first-order valence-corrected chi connectivity index (χ1v) is 8.13. The lowest BCUT2D eigenvalue weighted by atomic mass is 10.1. The molecule has 7 heteroatoms. The molecule has 0 bridgehead atoms. The Kier molecular flexibility index (Phi) is 4.34. The highest BCUT2D eigenvalue weighted by atomic mass is 32.2. The maximum absolute atomic E-state index is 12.4. The van der Waals surface area contributed by atoms with Crippen LogP contribution < -0.4 is 10.5 Å². The van der Waals surface area contributed by atoms with Crippen LogP contribution in [0.2, 0.25) is 0 Å². The van der Waals surface area contributed by atoms with Gasteiger partial charge in [0.25, 0.3) is 0 Å². The fraction of sp³-hybridized carbons (Fsp3) is 0.357. The zero-order valence-electron chi connectivity index (χ0n) is 12.4. The van der Waals surface area contributed by atoms with Gasteiger partial charge in [-0.1, -0.05) is 0 Å². The zero-order chi connectivity index (χ0) is 15.6. The molecular formula is C14H20N4O2S. The Bertz CT molecular complexity index is 727. The first kappa shape index (κ1) is 15.5. The molecule has 0 saturated carbocycles. The molecule has 3 N–H and O–H groups in total. The van der Waals surface area contributed by atoms with Crippen LogP contribution in [0.15, 0.2) is 29.4 Å². The average molecular weight is 308 g/mol. The maximum atomic E-state index is 12.4. The number of sulfonamides is 1. The van der Waals surface area contributed by atoms with Crippen molar-refractivity contribution in [3.63, 3.8) is 0 Å². The quantitative estimate of drug-likeness (QED) is 0.816. The van der Waals surface area contributed by atoms with Crippen molar-refractivity contribution in [2.45, 2.75) is 32.2 Å². The second-order valence-corrected chi connectivity index (χ2v) is 6.87. The molecule has 0 atom stereocenters. The SMILES string of the molecule is Cc1cnn(CCNS(=O)(=O)c2c(C)cc(N)cc2C)c1. The summed E-state index contributed by atoms with van der Waals surface area (Å²) < 4.78 is 29.1. The zero-order valence-corrected chi connectivity index (χ0v) is 13.2. The number of hydrogen-bond donors (Lipinski definition) is 2. The number of anilines is 1. The summed E-state index contributed by atoms with van der Waals surface area (Å²) in [6.07, 6.45) is 3.61. The standard InChI is InChI=1S/C14H20N4O2S/c1-10-8-16-18(9-10)5-4-17-21(19,20)14-11(2)6-13(15)7-12(14)3/h6-9,17H,4-5,15H2,1-3H3. The van der Waals surface area contributed by atoms with Crippen LogP contribution in [0, 0.1) is 20.8 Å². The van der Waals surface area contributed by atoms with Crippen LogP contribution in [0.1, 0.15) is 16.7 Å². The van der Waals surface area contributed by atoms with Gasteiger partial charge in [-0.15, -0.1) is 0 Å². The van der Waals surface area contributed by atoms with Crippen molar-refractivity contribution in [3.05, 3.63) is 41.2 Å². The number of benzene rings is 1. The second kappa shape index (κ2) is 5.87. The Morgan fingerprint density at radius 2 is 1.86 bits per heavy atom. The van der Waals surface area contributed by atoms with E-state index < -0.39 is 10.0 Å². The number of nitrogens with zero attached hydrogens (tertiary/aromatic N) is 2. The largest absolute Gasteiger partial charge is 0.399 e. The van der Waals surface area contributed by atoms with Crippen LogP contribution in [0.25, 0.3) is 0 Å². The van der Waals surface area contributed by atoms with Crippen LogP contribution >= 0.6 is 0 Å². The molecule has 0 fully saturated rings. The van der Waals surface area contributed by atoms with Crippen molar-refractivity contribution in [1.82, 2.24) is 14.5 Å². The van der Waals surface area contributed by atoms with E-state index >= 15 is 0 Å². The van der Waals surface area contributed by atoms with E-state index in [-0.39, 0.29) is 6.54 Å². The minimum atomic E-state index is -3.55. The van der Waals surface area contributed by atoms with E-state index in [1.54, 1.807) is 36.9 Å². The summed E-state index contributed by atoms with van der Waals surface area (Å²) in [5, 5.41) is 4.12. The molecule has 0 aliphatic carbocycles. The summed E-state index contributed by atoms with van der Waals surface area (Å²) in [7, 11) is -3.55. The smallest absolute Gasteiger partial charge is 0.241 e. The molecule has 0 aliphatic heterocycles. The number of rotatable bonds is 5. The molecule has 0 saturated heterocycles. The highest BCUT2D eigenvalue weighted by molar-refractivity contribution is 7.89. The molecule has 0 radical (unpaired) electrons. The van der Waals surface area contributed by atoms with Gasteiger partial charge in [-0.2, -0.15) is 5.10 Å². The summed E-state index contributed by atoms with van der Waals surface area (Å²) >= 11 is 0. The van der Waals surface area contributed by atoms with Gasteiger partial charge in [0.1, 0.15) is 0 Å². The van der Waals surface area contributed by atoms with E-state index in [1.807, 2.05) is 13.1 Å². The van der Waals surface area contributed by atoms with Crippen LogP contribution in [0.4, 0.5) is 5.69 Å². The summed E-state index contributed by atoms with van der Waals surface area (Å²) in [5.74, 6) is 0. The Hall–Kier alpha value is -1.86. The number of nitrogen functional groups attached to an aromatic ring is 1. The van der Waals surface area contributed by atoms with Crippen LogP contribution in [-0.4, -0.2) is 24.7 Å². The summed E-state index contributed by atoms with van der Waals surface area (Å²) in [4.78, 5) is 0.299. The highest BCUT2D eigenvalue weighted by Gasteiger charge is 2.19. The van der Waals surface area contributed by atoms with Gasteiger partial charge < -0.3 is 5.73 Å². The molecule has 1 aromatic heterocycles. The molecule has 0 unspecified atom stereocenters. The van der Waals surface area contributed by atoms with E-state index in [1.165, 1.54) is 0 Å². The van der Waals surface area contributed by atoms with E-state index in [2.05, 4.69) is 9.82 Å². The fourth-order valence-electron chi connectivity index (χ4n) is 2.36. The van der Waals surface area contributed by atoms with Crippen LogP contribution in [0.3, 0.4) is 0 Å². The molecular weight excluding hydrogens is 288 g/mol. The number of nitrogens with two attached hydrogens (primary N) is 1. The van der Waals surface area contributed by atoms with Crippen molar-refractivity contribution >= 4 is 15.7 Å². The monoisotopic (exact) mass is 308 g/mol. The lowest BCUT2D eigenvalue weighted by Gasteiger charge is -2.13. The van der Waals surface area contributed by atoms with Crippen molar-refractivity contribution in [2.75, 3.05) is 12.3 Å². The van der Waals surface area contributed by atoms with Gasteiger partial charge in [0.2, 0.25) is 10.0 Å². The molecule has 21 heavy (non-hydrogen) atoms. The van der Waals surface area contributed by atoms with Crippen molar-refractivity contribution in [2.24, 2.45) is 0 Å². The van der Waals surface area contributed by atoms with Gasteiger partial charge in [-0.3, -0.25) is 4.68 Å². The Morgan fingerprint density at radius 3 is 2.38 bits per heavy atom. The average Bonchev–Trinajstić information content (AvgIpc) is 2.72. The van der Waals surface area contributed by atoms with Gasteiger partial charge in [0.15, 0.2) is 0 Å². The summed E-state index contributed by atoms with van der Waals surface area (Å²) in [6.45, 7) is 6.20. The second-order valence-electron chi connectivity index (χ2n) is 5.16. The van der Waals surface area contributed by atoms with Gasteiger partial charge in [0, 0.05) is 18.4 Å². The van der Waals surface area contributed by atoms with E-state index in [4.69, 9.17) is 5.73 Å². The molecule has 6 nitrogen and oxygen atoms in total. The third-order valence-corrected chi connectivity index (χ3v) is 4.91. The summed E-state index contributed by atoms with van der Waals surface area (Å²) in [5.41, 5.74) is 8.63. The van der Waals surface area contributed by atoms with Gasteiger partial charge >= 0.3 is 0 Å². The van der Waals surface area contributed by atoms with Crippen LogP contribution in [-0.2, 0) is 16.6 Å². The Balaban J connectivity index is 2.12. The lowest BCUT2D eigenvalue weighted by molar-refractivity contribution is 0.560. The fourth-order valence-corrected chi connectivity index (χ4v) is 3.83. The Morgan fingerprint density at radius 1 is 1.24 bits per heavy atom. The van der Waals surface area contributed by atoms with E-state index in [0.717, 1.165) is 5.56 Å². The van der Waals surface area contributed by atoms with Crippen LogP contribution in [0.5, 0.6) is 0 Å². The molecule has 0 amide bonds. The van der Waals surface area contributed by atoms with E-state index in [0.29, 0.717) is 28.3 Å². The molecule has 114 valence electrons. The van der Waals surface area contributed by atoms with Crippen molar-refractivity contribution < 1.29 is 8.42 Å². The molecule has 2 rings (SSSR count). The van der Waals surface area contributed by atoms with Gasteiger partial charge in [-0.05, 0) is 49.6 Å². The predicted molar refractivity (Wildman–Crippen MR) is 82.5 cm³/mol.